The first kappa shape index (κ1) is 19.9. The zero-order chi connectivity index (χ0) is 21.7. The Morgan fingerprint density at radius 3 is 2.30 bits per heavy atom. The van der Waals surface area contributed by atoms with Crippen molar-refractivity contribution in [3.63, 3.8) is 0 Å². The van der Waals surface area contributed by atoms with Gasteiger partial charge in [-0.1, -0.05) is 81.5 Å². The number of carbonyl (C=O) groups is 2. The van der Waals surface area contributed by atoms with Crippen molar-refractivity contribution in [1.82, 2.24) is 0 Å². The minimum atomic E-state index is -1.57. The number of para-hydroxylation sites is 1. The van der Waals surface area contributed by atoms with Crippen LogP contribution in [-0.2, 0) is 9.59 Å². The van der Waals surface area contributed by atoms with E-state index in [0.29, 0.717) is 0 Å². The molecule has 2 heterocycles. The average Bonchev–Trinajstić information content (AvgIpc) is 3.04. The molecule has 2 aromatic carbocycles. The number of nitriles is 1. The van der Waals surface area contributed by atoms with E-state index in [0.717, 1.165) is 16.8 Å². The SMILES string of the molecule is CC(C)(C)C(=O)[C@@H]1[C@H](c2ccccc2)[C@@](C#N)(C(N)=O)[C@H]2C=Cc3ccccc3N12. The van der Waals surface area contributed by atoms with Crippen molar-refractivity contribution in [2.45, 2.75) is 38.8 Å². The summed E-state index contributed by atoms with van der Waals surface area (Å²) in [4.78, 5) is 28.7. The van der Waals surface area contributed by atoms with Crippen LogP contribution in [0.15, 0.2) is 60.7 Å². The van der Waals surface area contributed by atoms with Crippen molar-refractivity contribution in [3.8, 4) is 6.07 Å². The smallest absolute Gasteiger partial charge is 0.241 e. The second kappa shape index (κ2) is 6.84. The number of fused-ring (bicyclic) bond motifs is 3. The third-order valence-corrected chi connectivity index (χ3v) is 6.30. The first-order valence-corrected chi connectivity index (χ1v) is 10.1. The molecule has 0 saturated carbocycles. The number of rotatable bonds is 3. The van der Waals surface area contributed by atoms with E-state index in [-0.39, 0.29) is 5.78 Å². The van der Waals surface area contributed by atoms with Gasteiger partial charge in [0.15, 0.2) is 11.2 Å². The largest absolute Gasteiger partial charge is 0.368 e. The highest BCUT2D eigenvalue weighted by atomic mass is 16.1. The summed E-state index contributed by atoms with van der Waals surface area (Å²) in [6, 6.07) is 18.0. The summed E-state index contributed by atoms with van der Waals surface area (Å²) in [6.45, 7) is 5.61. The number of primary amides is 1. The van der Waals surface area contributed by atoms with Crippen LogP contribution >= 0.6 is 0 Å². The van der Waals surface area contributed by atoms with E-state index in [1.165, 1.54) is 0 Å². The topological polar surface area (TPSA) is 87.2 Å². The van der Waals surface area contributed by atoms with Gasteiger partial charge < -0.3 is 10.6 Å². The molecular formula is C25H25N3O2. The molecule has 2 aromatic rings. The molecule has 1 saturated heterocycles. The van der Waals surface area contributed by atoms with E-state index in [1.807, 2.05) is 92.4 Å². The maximum absolute atomic E-state index is 13.8. The zero-order valence-corrected chi connectivity index (χ0v) is 17.4. The molecule has 1 fully saturated rings. The highest BCUT2D eigenvalue weighted by Gasteiger charge is 2.66. The van der Waals surface area contributed by atoms with Crippen LogP contribution in [0.3, 0.4) is 0 Å². The molecule has 0 spiro atoms. The number of anilines is 1. The van der Waals surface area contributed by atoms with E-state index in [1.54, 1.807) is 0 Å². The highest BCUT2D eigenvalue weighted by Crippen LogP contribution is 2.56. The van der Waals surface area contributed by atoms with E-state index < -0.39 is 34.7 Å². The van der Waals surface area contributed by atoms with Crippen molar-refractivity contribution in [2.24, 2.45) is 16.6 Å². The van der Waals surface area contributed by atoms with Gasteiger partial charge in [-0.05, 0) is 17.2 Å². The van der Waals surface area contributed by atoms with E-state index >= 15 is 0 Å². The fourth-order valence-electron chi connectivity index (χ4n) is 4.91. The van der Waals surface area contributed by atoms with Gasteiger partial charge in [-0.3, -0.25) is 9.59 Å². The molecule has 0 bridgehead atoms. The molecule has 0 radical (unpaired) electrons. The Balaban J connectivity index is 2.06. The molecule has 5 heteroatoms. The average molecular weight is 399 g/mol. The highest BCUT2D eigenvalue weighted by molar-refractivity contribution is 6.00. The van der Waals surface area contributed by atoms with E-state index in [4.69, 9.17) is 5.73 Å². The monoisotopic (exact) mass is 399 g/mol. The lowest BCUT2D eigenvalue weighted by Gasteiger charge is -2.37. The van der Waals surface area contributed by atoms with Crippen molar-refractivity contribution in [3.05, 3.63) is 71.8 Å². The van der Waals surface area contributed by atoms with Crippen molar-refractivity contribution in [1.29, 1.82) is 5.26 Å². The molecule has 1 amide bonds. The summed E-state index contributed by atoms with van der Waals surface area (Å²) in [6.07, 6.45) is 3.76. The predicted octanol–water partition coefficient (Wildman–Crippen LogP) is 3.66. The molecular weight excluding hydrogens is 374 g/mol. The van der Waals surface area contributed by atoms with Gasteiger partial charge in [0.1, 0.15) is 0 Å². The van der Waals surface area contributed by atoms with E-state index in [2.05, 4.69) is 6.07 Å². The molecule has 4 rings (SSSR count). The Hall–Kier alpha value is -3.39. The van der Waals surface area contributed by atoms with Crippen molar-refractivity contribution in [2.75, 3.05) is 4.90 Å². The van der Waals surface area contributed by atoms with Crippen LogP contribution in [-0.4, -0.2) is 23.8 Å². The summed E-state index contributed by atoms with van der Waals surface area (Å²) < 4.78 is 0. The molecule has 2 aliphatic rings. The van der Waals surface area contributed by atoms with Crippen LogP contribution in [0.4, 0.5) is 5.69 Å². The second-order valence-electron chi connectivity index (χ2n) is 9.06. The fourth-order valence-corrected chi connectivity index (χ4v) is 4.91. The molecule has 2 N–H and O–H groups in total. The molecule has 152 valence electrons. The maximum atomic E-state index is 13.8. The van der Waals surface area contributed by atoms with Crippen LogP contribution < -0.4 is 10.6 Å². The molecule has 4 atom stereocenters. The Bertz CT molecular complexity index is 1080. The number of benzene rings is 2. The summed E-state index contributed by atoms with van der Waals surface area (Å²) in [5.74, 6) is -1.42. The first-order valence-electron chi connectivity index (χ1n) is 10.1. The van der Waals surface area contributed by atoms with Gasteiger partial charge in [0.05, 0.1) is 18.2 Å². The lowest BCUT2D eigenvalue weighted by Crippen LogP contribution is -2.49. The molecule has 0 aliphatic carbocycles. The fraction of sp³-hybridized carbons (Fsp3) is 0.320. The molecule has 5 nitrogen and oxygen atoms in total. The minimum absolute atomic E-state index is 0.0233. The Morgan fingerprint density at radius 2 is 1.70 bits per heavy atom. The lowest BCUT2D eigenvalue weighted by molar-refractivity contribution is -0.128. The Morgan fingerprint density at radius 1 is 1.07 bits per heavy atom. The molecule has 0 unspecified atom stereocenters. The summed E-state index contributed by atoms with van der Waals surface area (Å²) in [5.41, 5.74) is 6.25. The first-order chi connectivity index (χ1) is 14.2. The predicted molar refractivity (Wildman–Crippen MR) is 116 cm³/mol. The minimum Gasteiger partial charge on any atom is -0.368 e. The third-order valence-electron chi connectivity index (χ3n) is 6.30. The van der Waals surface area contributed by atoms with Gasteiger partial charge in [0.2, 0.25) is 5.91 Å². The zero-order valence-electron chi connectivity index (χ0n) is 17.4. The van der Waals surface area contributed by atoms with Gasteiger partial charge in [-0.2, -0.15) is 5.26 Å². The second-order valence-corrected chi connectivity index (χ2v) is 9.06. The number of hydrogen-bond donors (Lipinski definition) is 1. The quantitative estimate of drug-likeness (QED) is 0.853. The number of nitrogens with two attached hydrogens (primary N) is 1. The standard InChI is InChI=1S/C25H25N3O2/c1-24(2,3)22(29)21-20(17-10-5-4-6-11-17)25(15-26,23(27)30)19-14-13-16-9-7-8-12-18(16)28(19)21/h4-14,19-21H,1-3H3,(H2,27,30)/t19-,20+,21+,25+/m1/s1. The van der Waals surface area contributed by atoms with E-state index in [9.17, 15) is 14.9 Å². The Kier molecular flexibility index (Phi) is 4.54. The molecule has 30 heavy (non-hydrogen) atoms. The normalized spacial score (nSPS) is 27.1. The van der Waals surface area contributed by atoms with Crippen LogP contribution in [0.2, 0.25) is 0 Å². The number of carbonyl (C=O) groups excluding carboxylic acids is 2. The number of Topliss-reactive ketones (excluding diaryl/α,β-unsaturated/α-hetero) is 1. The van der Waals surface area contributed by atoms with Gasteiger partial charge in [0.25, 0.3) is 0 Å². The number of nitrogens with zero attached hydrogens (tertiary/aromatic N) is 2. The summed E-state index contributed by atoms with van der Waals surface area (Å²) >= 11 is 0. The third kappa shape index (κ3) is 2.68. The summed E-state index contributed by atoms with van der Waals surface area (Å²) in [5, 5.41) is 10.4. The van der Waals surface area contributed by atoms with Crippen molar-refractivity contribution >= 4 is 23.5 Å². The molecule has 0 aromatic heterocycles. The van der Waals surface area contributed by atoms with Gasteiger partial charge in [-0.15, -0.1) is 0 Å². The van der Waals surface area contributed by atoms with Crippen LogP contribution in [0.25, 0.3) is 6.08 Å². The number of hydrogen-bond acceptors (Lipinski definition) is 4. The van der Waals surface area contributed by atoms with Crippen LogP contribution in [0.5, 0.6) is 0 Å². The number of amides is 1. The maximum Gasteiger partial charge on any atom is 0.241 e. The number of ketones is 1. The van der Waals surface area contributed by atoms with Crippen LogP contribution in [0.1, 0.15) is 37.8 Å². The van der Waals surface area contributed by atoms with Gasteiger partial charge in [-0.25, -0.2) is 0 Å². The van der Waals surface area contributed by atoms with Crippen LogP contribution in [0, 0.1) is 22.2 Å². The summed E-state index contributed by atoms with van der Waals surface area (Å²) in [7, 11) is 0. The van der Waals surface area contributed by atoms with Crippen molar-refractivity contribution < 1.29 is 9.59 Å². The van der Waals surface area contributed by atoms with Gasteiger partial charge in [0, 0.05) is 17.0 Å². The van der Waals surface area contributed by atoms with Gasteiger partial charge >= 0.3 is 0 Å². The lowest BCUT2D eigenvalue weighted by atomic mass is 9.66. The molecule has 2 aliphatic heterocycles. The Labute approximate surface area is 176 Å².